The molecule has 0 aromatic heterocycles. The standard InChI is InChI=1S/C12H15IO2/c1-2-7-15-9-12(14)8-10-3-5-11(13)6-4-10/h3-6H,2,7-9H2,1H3. The fourth-order valence-corrected chi connectivity index (χ4v) is 1.57. The third kappa shape index (κ3) is 5.28. The van der Waals surface area contributed by atoms with E-state index in [0.717, 1.165) is 12.0 Å². The van der Waals surface area contributed by atoms with Crippen molar-refractivity contribution >= 4 is 28.4 Å². The first-order valence-electron chi connectivity index (χ1n) is 5.06. The number of carbonyl (C=O) groups excluding carboxylic acids is 1. The van der Waals surface area contributed by atoms with Crippen molar-refractivity contribution in [2.45, 2.75) is 19.8 Å². The Balaban J connectivity index is 2.34. The average molecular weight is 318 g/mol. The van der Waals surface area contributed by atoms with Crippen LogP contribution in [0.2, 0.25) is 0 Å². The molecule has 2 nitrogen and oxygen atoms in total. The predicted octanol–water partition coefficient (Wildman–Crippen LogP) is 2.83. The molecule has 0 heterocycles. The predicted molar refractivity (Wildman–Crippen MR) is 69.0 cm³/mol. The van der Waals surface area contributed by atoms with Gasteiger partial charge in [-0.15, -0.1) is 0 Å². The van der Waals surface area contributed by atoms with E-state index in [9.17, 15) is 4.79 Å². The SMILES string of the molecule is CCCOCC(=O)Cc1ccc(I)cc1. The lowest BCUT2D eigenvalue weighted by Crippen LogP contribution is -2.11. The second-order valence-corrected chi connectivity index (χ2v) is 4.64. The van der Waals surface area contributed by atoms with Gasteiger partial charge in [-0.3, -0.25) is 4.79 Å². The van der Waals surface area contributed by atoms with Gasteiger partial charge in [-0.25, -0.2) is 0 Å². The molecule has 1 aromatic rings. The highest BCUT2D eigenvalue weighted by Gasteiger charge is 2.03. The molecule has 0 aliphatic heterocycles. The summed E-state index contributed by atoms with van der Waals surface area (Å²) in [6.45, 7) is 2.93. The zero-order valence-corrected chi connectivity index (χ0v) is 11.0. The molecule has 0 fully saturated rings. The molecule has 0 radical (unpaired) electrons. The molecule has 0 atom stereocenters. The summed E-state index contributed by atoms with van der Waals surface area (Å²) in [7, 11) is 0. The van der Waals surface area contributed by atoms with Crippen LogP contribution in [-0.2, 0) is 16.0 Å². The molecule has 0 aliphatic rings. The minimum Gasteiger partial charge on any atom is -0.374 e. The largest absolute Gasteiger partial charge is 0.374 e. The topological polar surface area (TPSA) is 26.3 Å². The quantitative estimate of drug-likeness (QED) is 0.595. The van der Waals surface area contributed by atoms with Gasteiger partial charge in [0.1, 0.15) is 6.61 Å². The lowest BCUT2D eigenvalue weighted by Gasteiger charge is -2.02. The number of carbonyl (C=O) groups is 1. The smallest absolute Gasteiger partial charge is 0.162 e. The number of hydrogen-bond donors (Lipinski definition) is 0. The van der Waals surface area contributed by atoms with Gasteiger partial charge < -0.3 is 4.74 Å². The molecule has 3 heteroatoms. The Kier molecular flexibility index (Phi) is 5.86. The Labute approximate surface area is 104 Å². The van der Waals surface area contributed by atoms with Crippen LogP contribution in [0.25, 0.3) is 0 Å². The number of ether oxygens (including phenoxy) is 1. The first-order valence-corrected chi connectivity index (χ1v) is 6.14. The summed E-state index contributed by atoms with van der Waals surface area (Å²) in [5.74, 6) is 0.143. The van der Waals surface area contributed by atoms with Crippen LogP contribution in [0.1, 0.15) is 18.9 Å². The van der Waals surface area contributed by atoms with Crippen molar-refractivity contribution in [2.75, 3.05) is 13.2 Å². The molecule has 0 amide bonds. The highest BCUT2D eigenvalue weighted by Crippen LogP contribution is 2.07. The van der Waals surface area contributed by atoms with Crippen LogP contribution in [0.5, 0.6) is 0 Å². The van der Waals surface area contributed by atoms with Crippen LogP contribution < -0.4 is 0 Å². The molecule has 0 N–H and O–H groups in total. The van der Waals surface area contributed by atoms with Crippen molar-refractivity contribution in [1.29, 1.82) is 0 Å². The van der Waals surface area contributed by atoms with E-state index in [4.69, 9.17) is 4.74 Å². The molecule has 0 saturated heterocycles. The fourth-order valence-electron chi connectivity index (χ4n) is 1.21. The van der Waals surface area contributed by atoms with Crippen molar-refractivity contribution in [3.63, 3.8) is 0 Å². The third-order valence-corrected chi connectivity index (χ3v) is 2.65. The van der Waals surface area contributed by atoms with E-state index in [1.807, 2.05) is 31.2 Å². The van der Waals surface area contributed by atoms with Crippen LogP contribution in [0.3, 0.4) is 0 Å². The van der Waals surface area contributed by atoms with Gasteiger partial charge in [0.25, 0.3) is 0 Å². The normalized spacial score (nSPS) is 10.3. The summed E-state index contributed by atoms with van der Waals surface area (Å²) < 4.78 is 6.38. The Hall–Kier alpha value is -0.420. The first kappa shape index (κ1) is 12.6. The lowest BCUT2D eigenvalue weighted by molar-refractivity contribution is -0.122. The van der Waals surface area contributed by atoms with Gasteiger partial charge in [-0.2, -0.15) is 0 Å². The van der Waals surface area contributed by atoms with E-state index in [1.165, 1.54) is 3.57 Å². The molecule has 82 valence electrons. The van der Waals surface area contributed by atoms with Crippen molar-refractivity contribution in [1.82, 2.24) is 0 Å². The van der Waals surface area contributed by atoms with E-state index in [0.29, 0.717) is 13.0 Å². The number of hydrogen-bond acceptors (Lipinski definition) is 2. The van der Waals surface area contributed by atoms with Gasteiger partial charge in [0.15, 0.2) is 5.78 Å². The summed E-state index contributed by atoms with van der Waals surface area (Å²) in [4.78, 5) is 11.4. The highest BCUT2D eigenvalue weighted by atomic mass is 127. The lowest BCUT2D eigenvalue weighted by atomic mass is 10.1. The zero-order chi connectivity index (χ0) is 11.1. The minimum atomic E-state index is 0.143. The highest BCUT2D eigenvalue weighted by molar-refractivity contribution is 14.1. The van der Waals surface area contributed by atoms with Crippen LogP contribution in [0.15, 0.2) is 24.3 Å². The number of halogens is 1. The van der Waals surface area contributed by atoms with Gasteiger partial charge in [0, 0.05) is 16.6 Å². The summed E-state index contributed by atoms with van der Waals surface area (Å²) in [5, 5.41) is 0. The fraction of sp³-hybridized carbons (Fsp3) is 0.417. The molecule has 0 unspecified atom stereocenters. The molecule has 0 aliphatic carbocycles. The van der Waals surface area contributed by atoms with Gasteiger partial charge >= 0.3 is 0 Å². The number of ketones is 1. The first-order chi connectivity index (χ1) is 7.22. The van der Waals surface area contributed by atoms with Crippen LogP contribution in [-0.4, -0.2) is 19.0 Å². The molecule has 0 bridgehead atoms. The molecule has 15 heavy (non-hydrogen) atoms. The third-order valence-electron chi connectivity index (χ3n) is 1.93. The molecule has 0 spiro atoms. The van der Waals surface area contributed by atoms with Crippen molar-refractivity contribution in [3.05, 3.63) is 33.4 Å². The van der Waals surface area contributed by atoms with E-state index in [1.54, 1.807) is 0 Å². The Morgan fingerprint density at radius 2 is 2.00 bits per heavy atom. The average Bonchev–Trinajstić information content (AvgIpc) is 2.22. The van der Waals surface area contributed by atoms with E-state index < -0.39 is 0 Å². The Morgan fingerprint density at radius 3 is 2.60 bits per heavy atom. The van der Waals surface area contributed by atoms with Crippen LogP contribution in [0, 0.1) is 3.57 Å². The minimum absolute atomic E-state index is 0.143. The maximum Gasteiger partial charge on any atom is 0.162 e. The second kappa shape index (κ2) is 6.95. The Morgan fingerprint density at radius 1 is 1.33 bits per heavy atom. The second-order valence-electron chi connectivity index (χ2n) is 3.39. The summed E-state index contributed by atoms with van der Waals surface area (Å²) >= 11 is 2.25. The summed E-state index contributed by atoms with van der Waals surface area (Å²) in [6.07, 6.45) is 1.43. The number of benzene rings is 1. The van der Waals surface area contributed by atoms with E-state index >= 15 is 0 Å². The molecule has 1 rings (SSSR count). The summed E-state index contributed by atoms with van der Waals surface area (Å²) in [6, 6.07) is 7.99. The summed E-state index contributed by atoms with van der Waals surface area (Å²) in [5.41, 5.74) is 1.06. The van der Waals surface area contributed by atoms with Crippen molar-refractivity contribution < 1.29 is 9.53 Å². The zero-order valence-electron chi connectivity index (χ0n) is 8.83. The molecular weight excluding hydrogens is 303 g/mol. The van der Waals surface area contributed by atoms with Gasteiger partial charge in [0.05, 0.1) is 0 Å². The van der Waals surface area contributed by atoms with Crippen molar-refractivity contribution in [2.24, 2.45) is 0 Å². The van der Waals surface area contributed by atoms with Crippen LogP contribution in [0.4, 0.5) is 0 Å². The maximum absolute atomic E-state index is 11.4. The Bertz CT molecular complexity index is 306. The maximum atomic E-state index is 11.4. The monoisotopic (exact) mass is 318 g/mol. The number of Topliss-reactive ketones (excluding diaryl/α,β-unsaturated/α-hetero) is 1. The molecule has 1 aromatic carbocycles. The van der Waals surface area contributed by atoms with E-state index in [2.05, 4.69) is 22.6 Å². The molecular formula is C12H15IO2. The van der Waals surface area contributed by atoms with Gasteiger partial charge in [0.2, 0.25) is 0 Å². The van der Waals surface area contributed by atoms with Crippen molar-refractivity contribution in [3.8, 4) is 0 Å². The van der Waals surface area contributed by atoms with Gasteiger partial charge in [-0.1, -0.05) is 19.1 Å². The van der Waals surface area contributed by atoms with E-state index in [-0.39, 0.29) is 12.4 Å². The molecule has 0 saturated carbocycles. The van der Waals surface area contributed by atoms with Gasteiger partial charge in [-0.05, 0) is 46.7 Å². The van der Waals surface area contributed by atoms with Crippen LogP contribution >= 0.6 is 22.6 Å². The number of rotatable bonds is 6.